The van der Waals surface area contributed by atoms with E-state index < -0.39 is 0 Å². The van der Waals surface area contributed by atoms with Gasteiger partial charge in [-0.1, -0.05) is 24.3 Å². The number of para-hydroxylation sites is 1. The average Bonchev–Trinajstić information content (AvgIpc) is 2.49. The number of anilines is 2. The van der Waals surface area contributed by atoms with Crippen LogP contribution >= 0.6 is 0 Å². The molecule has 3 aromatic rings. The fraction of sp³-hybridized carbons (Fsp3) is 0.0588. The second kappa shape index (κ2) is 5.25. The van der Waals surface area contributed by atoms with Crippen LogP contribution in [0.25, 0.3) is 10.9 Å². The smallest absolute Gasteiger partial charge is 0.256 e. The summed E-state index contributed by atoms with van der Waals surface area (Å²) >= 11 is 0. The van der Waals surface area contributed by atoms with Crippen molar-refractivity contribution in [2.75, 3.05) is 11.1 Å². The molecule has 0 unspecified atom stereocenters. The van der Waals surface area contributed by atoms with Gasteiger partial charge in [0.15, 0.2) is 0 Å². The van der Waals surface area contributed by atoms with Gasteiger partial charge in [0.25, 0.3) is 5.91 Å². The SMILES string of the molecule is Cc1ccc(N)cc1C(=O)Nc1cnc2ccccc2c1. The van der Waals surface area contributed by atoms with E-state index in [1.54, 1.807) is 18.3 Å². The molecule has 0 aliphatic carbocycles. The summed E-state index contributed by atoms with van der Waals surface area (Å²) in [6, 6.07) is 15.0. The average molecular weight is 277 g/mol. The van der Waals surface area contributed by atoms with Gasteiger partial charge in [0, 0.05) is 16.6 Å². The molecule has 2 aromatic carbocycles. The number of pyridine rings is 1. The maximum Gasteiger partial charge on any atom is 0.256 e. The number of rotatable bonds is 2. The number of amides is 1. The summed E-state index contributed by atoms with van der Waals surface area (Å²) in [5.74, 6) is -0.183. The highest BCUT2D eigenvalue weighted by atomic mass is 16.1. The summed E-state index contributed by atoms with van der Waals surface area (Å²) in [6.07, 6.45) is 1.65. The minimum Gasteiger partial charge on any atom is -0.399 e. The molecule has 0 bridgehead atoms. The normalized spacial score (nSPS) is 10.5. The fourth-order valence-electron chi connectivity index (χ4n) is 2.22. The summed E-state index contributed by atoms with van der Waals surface area (Å²) < 4.78 is 0. The van der Waals surface area contributed by atoms with Crippen molar-refractivity contribution in [2.24, 2.45) is 0 Å². The third-order valence-electron chi connectivity index (χ3n) is 3.35. The molecule has 0 spiro atoms. The van der Waals surface area contributed by atoms with E-state index in [0.29, 0.717) is 16.9 Å². The van der Waals surface area contributed by atoms with Gasteiger partial charge in [0.2, 0.25) is 0 Å². The molecule has 0 saturated heterocycles. The third-order valence-corrected chi connectivity index (χ3v) is 3.35. The zero-order valence-electron chi connectivity index (χ0n) is 11.6. The monoisotopic (exact) mass is 277 g/mol. The molecule has 4 heteroatoms. The van der Waals surface area contributed by atoms with Gasteiger partial charge >= 0.3 is 0 Å². The number of hydrogen-bond donors (Lipinski definition) is 2. The minimum atomic E-state index is -0.183. The number of nitrogens with two attached hydrogens (primary N) is 1. The maximum atomic E-state index is 12.3. The van der Waals surface area contributed by atoms with Crippen LogP contribution in [0.1, 0.15) is 15.9 Å². The number of nitrogens with zero attached hydrogens (tertiary/aromatic N) is 1. The van der Waals surface area contributed by atoms with E-state index in [-0.39, 0.29) is 5.91 Å². The number of aromatic nitrogens is 1. The van der Waals surface area contributed by atoms with Crippen molar-refractivity contribution in [3.63, 3.8) is 0 Å². The molecule has 21 heavy (non-hydrogen) atoms. The molecule has 1 heterocycles. The molecule has 0 saturated carbocycles. The Kier molecular flexibility index (Phi) is 3.28. The lowest BCUT2D eigenvalue weighted by Crippen LogP contribution is -2.14. The number of nitrogen functional groups attached to an aromatic ring is 1. The largest absolute Gasteiger partial charge is 0.399 e. The first kappa shape index (κ1) is 13.1. The Labute approximate surface area is 122 Å². The lowest BCUT2D eigenvalue weighted by Gasteiger charge is -2.09. The van der Waals surface area contributed by atoms with Gasteiger partial charge in [-0.2, -0.15) is 0 Å². The zero-order valence-corrected chi connectivity index (χ0v) is 11.6. The Balaban J connectivity index is 1.90. The van der Waals surface area contributed by atoms with E-state index >= 15 is 0 Å². The first-order valence-corrected chi connectivity index (χ1v) is 6.66. The van der Waals surface area contributed by atoms with Crippen molar-refractivity contribution in [1.82, 2.24) is 4.98 Å². The van der Waals surface area contributed by atoms with Crippen LogP contribution in [-0.2, 0) is 0 Å². The Hall–Kier alpha value is -2.88. The second-order valence-electron chi connectivity index (χ2n) is 4.95. The summed E-state index contributed by atoms with van der Waals surface area (Å²) in [4.78, 5) is 16.7. The van der Waals surface area contributed by atoms with Crippen molar-refractivity contribution in [2.45, 2.75) is 6.92 Å². The molecule has 1 amide bonds. The van der Waals surface area contributed by atoms with E-state index in [4.69, 9.17) is 5.73 Å². The Morgan fingerprint density at radius 1 is 1.14 bits per heavy atom. The van der Waals surface area contributed by atoms with Crippen molar-refractivity contribution < 1.29 is 4.79 Å². The van der Waals surface area contributed by atoms with E-state index in [1.807, 2.05) is 43.3 Å². The van der Waals surface area contributed by atoms with Gasteiger partial charge in [0.1, 0.15) is 0 Å². The molecular formula is C17H15N3O. The third kappa shape index (κ3) is 2.69. The molecule has 0 aliphatic heterocycles. The lowest BCUT2D eigenvalue weighted by atomic mass is 10.1. The summed E-state index contributed by atoms with van der Waals surface area (Å²) in [6.45, 7) is 1.88. The molecule has 0 atom stereocenters. The van der Waals surface area contributed by atoms with Crippen LogP contribution in [0.4, 0.5) is 11.4 Å². The predicted octanol–water partition coefficient (Wildman–Crippen LogP) is 3.38. The van der Waals surface area contributed by atoms with Crippen LogP contribution < -0.4 is 11.1 Å². The molecule has 0 fully saturated rings. The summed E-state index contributed by atoms with van der Waals surface area (Å²) in [5, 5.41) is 3.85. The van der Waals surface area contributed by atoms with Crippen LogP contribution in [-0.4, -0.2) is 10.9 Å². The van der Waals surface area contributed by atoms with Crippen LogP contribution in [0, 0.1) is 6.92 Å². The van der Waals surface area contributed by atoms with Crippen LogP contribution in [0.2, 0.25) is 0 Å². The second-order valence-corrected chi connectivity index (χ2v) is 4.95. The molecule has 3 N–H and O–H groups in total. The number of fused-ring (bicyclic) bond motifs is 1. The van der Waals surface area contributed by atoms with Gasteiger partial charge < -0.3 is 11.1 Å². The van der Waals surface area contributed by atoms with Crippen molar-refractivity contribution in [3.8, 4) is 0 Å². The van der Waals surface area contributed by atoms with Gasteiger partial charge in [-0.15, -0.1) is 0 Å². The van der Waals surface area contributed by atoms with Crippen LogP contribution in [0.3, 0.4) is 0 Å². The van der Waals surface area contributed by atoms with E-state index in [1.165, 1.54) is 0 Å². The number of hydrogen-bond acceptors (Lipinski definition) is 3. The first-order valence-electron chi connectivity index (χ1n) is 6.66. The highest BCUT2D eigenvalue weighted by Gasteiger charge is 2.10. The quantitative estimate of drug-likeness (QED) is 0.706. The molecule has 104 valence electrons. The van der Waals surface area contributed by atoms with Crippen LogP contribution in [0.5, 0.6) is 0 Å². The van der Waals surface area contributed by atoms with Gasteiger partial charge in [-0.3, -0.25) is 9.78 Å². The molecule has 0 radical (unpaired) electrons. The lowest BCUT2D eigenvalue weighted by molar-refractivity contribution is 0.102. The maximum absolute atomic E-state index is 12.3. The topological polar surface area (TPSA) is 68.0 Å². The predicted molar refractivity (Wildman–Crippen MR) is 85.3 cm³/mol. The van der Waals surface area contributed by atoms with Crippen LogP contribution in [0.15, 0.2) is 54.7 Å². The zero-order chi connectivity index (χ0) is 14.8. The Morgan fingerprint density at radius 2 is 1.95 bits per heavy atom. The van der Waals surface area contributed by atoms with E-state index in [0.717, 1.165) is 16.5 Å². The number of nitrogens with one attached hydrogen (secondary N) is 1. The van der Waals surface area contributed by atoms with E-state index in [2.05, 4.69) is 10.3 Å². The molecular weight excluding hydrogens is 262 g/mol. The minimum absolute atomic E-state index is 0.183. The molecule has 0 aliphatic rings. The van der Waals surface area contributed by atoms with Gasteiger partial charge in [-0.05, 0) is 36.8 Å². The van der Waals surface area contributed by atoms with Crippen molar-refractivity contribution >= 4 is 28.2 Å². The number of aryl methyl sites for hydroxylation is 1. The van der Waals surface area contributed by atoms with Gasteiger partial charge in [0.05, 0.1) is 17.4 Å². The molecule has 1 aromatic heterocycles. The summed E-state index contributed by atoms with van der Waals surface area (Å²) in [7, 11) is 0. The number of carbonyl (C=O) groups is 1. The molecule has 4 nitrogen and oxygen atoms in total. The van der Waals surface area contributed by atoms with E-state index in [9.17, 15) is 4.79 Å². The molecule has 3 rings (SSSR count). The highest BCUT2D eigenvalue weighted by molar-refractivity contribution is 6.06. The van der Waals surface area contributed by atoms with Crippen molar-refractivity contribution in [3.05, 3.63) is 65.9 Å². The van der Waals surface area contributed by atoms with Crippen molar-refractivity contribution in [1.29, 1.82) is 0 Å². The first-order chi connectivity index (χ1) is 10.1. The number of benzene rings is 2. The fourth-order valence-corrected chi connectivity index (χ4v) is 2.22. The Morgan fingerprint density at radius 3 is 2.81 bits per heavy atom. The summed E-state index contributed by atoms with van der Waals surface area (Å²) in [5.41, 5.74) is 9.34. The Bertz CT molecular complexity index is 827. The van der Waals surface area contributed by atoms with Gasteiger partial charge in [-0.25, -0.2) is 0 Å². The number of carbonyl (C=O) groups excluding carboxylic acids is 1. The standard InChI is InChI=1S/C17H15N3O/c1-11-6-7-13(18)9-15(11)17(21)20-14-8-12-4-2-3-5-16(12)19-10-14/h2-10H,18H2,1H3,(H,20,21). The highest BCUT2D eigenvalue weighted by Crippen LogP contribution is 2.18.